The van der Waals surface area contributed by atoms with Crippen molar-refractivity contribution in [3.63, 3.8) is 0 Å². The first-order valence-electron chi connectivity index (χ1n) is 8.90. The minimum atomic E-state index is -0.304. The number of carbonyl (C=O) groups excluding carboxylic acids is 1. The Hall–Kier alpha value is -2.39. The number of hydrogen-bond donors (Lipinski definition) is 2. The number of benzene rings is 1. The first-order chi connectivity index (χ1) is 13.2. The first-order valence-corrected chi connectivity index (χ1v) is 10.6. The van der Waals surface area contributed by atoms with Gasteiger partial charge in [-0.1, -0.05) is 29.2 Å². The number of thioether (sulfide) groups is 1. The zero-order valence-electron chi connectivity index (χ0n) is 16.8. The molecular weight excluding hydrogens is 392 g/mol. The third-order valence-electron chi connectivity index (χ3n) is 4.57. The molecule has 0 fully saturated rings. The number of carbonyl (C=O) groups is 1. The normalized spacial score (nSPS) is 12.1. The van der Waals surface area contributed by atoms with E-state index < -0.39 is 0 Å². The lowest BCUT2D eigenvalue weighted by Crippen LogP contribution is -2.23. The van der Waals surface area contributed by atoms with Crippen molar-refractivity contribution in [2.24, 2.45) is 7.05 Å². The molecule has 0 saturated heterocycles. The van der Waals surface area contributed by atoms with Gasteiger partial charge in [-0.15, -0.1) is 10.2 Å². The second kappa shape index (κ2) is 8.32. The second-order valence-corrected chi connectivity index (χ2v) is 9.28. The minimum Gasteiger partial charge on any atom is -0.330 e. The average molecular weight is 417 g/mol. The van der Waals surface area contributed by atoms with Crippen LogP contribution in [0.3, 0.4) is 0 Å². The minimum absolute atomic E-state index is 0.0805. The largest absolute Gasteiger partial charge is 0.330 e. The third-order valence-corrected chi connectivity index (χ3v) is 6.59. The molecule has 2 heterocycles. The zero-order valence-corrected chi connectivity index (χ0v) is 18.5. The van der Waals surface area contributed by atoms with Gasteiger partial charge in [0.25, 0.3) is 0 Å². The molecule has 7 nitrogen and oxygen atoms in total. The molecule has 0 aliphatic carbocycles. The number of rotatable bonds is 6. The quantitative estimate of drug-likeness (QED) is 0.581. The number of hydrogen-bond acceptors (Lipinski definition) is 7. The molecule has 0 unspecified atom stereocenters. The lowest BCUT2D eigenvalue weighted by atomic mass is 10.1. The van der Waals surface area contributed by atoms with E-state index >= 15 is 0 Å². The van der Waals surface area contributed by atoms with E-state index in [9.17, 15) is 4.79 Å². The van der Waals surface area contributed by atoms with E-state index in [1.807, 2.05) is 33.9 Å². The fraction of sp³-hybridized carbons (Fsp3) is 0.368. The smallest absolute Gasteiger partial charge is 0.237 e. The molecule has 2 aromatic heterocycles. The number of nitrogens with zero attached hydrogens (tertiary/aromatic N) is 4. The van der Waals surface area contributed by atoms with Crippen molar-refractivity contribution >= 4 is 45.5 Å². The molecular formula is C19H24N6OS2. The van der Waals surface area contributed by atoms with Crippen LogP contribution in [0.25, 0.3) is 0 Å². The van der Waals surface area contributed by atoms with Crippen molar-refractivity contribution in [3.05, 3.63) is 40.7 Å². The van der Waals surface area contributed by atoms with Crippen molar-refractivity contribution in [2.75, 3.05) is 10.6 Å². The molecule has 28 heavy (non-hydrogen) atoms. The van der Waals surface area contributed by atoms with Gasteiger partial charge >= 0.3 is 0 Å². The molecule has 0 saturated carbocycles. The van der Waals surface area contributed by atoms with Crippen LogP contribution in [-0.2, 0) is 11.8 Å². The molecule has 0 aliphatic heterocycles. The van der Waals surface area contributed by atoms with Gasteiger partial charge in [-0.05, 0) is 57.9 Å². The Kier molecular flexibility index (Phi) is 6.04. The van der Waals surface area contributed by atoms with Crippen LogP contribution in [0, 0.1) is 27.7 Å². The highest BCUT2D eigenvalue weighted by Crippen LogP contribution is 2.31. The van der Waals surface area contributed by atoms with Crippen LogP contribution in [0.2, 0.25) is 0 Å². The van der Waals surface area contributed by atoms with E-state index in [-0.39, 0.29) is 11.2 Å². The highest BCUT2D eigenvalue weighted by atomic mass is 32.2. The summed E-state index contributed by atoms with van der Waals surface area (Å²) in [5, 5.41) is 19.4. The molecule has 1 amide bonds. The fourth-order valence-corrected chi connectivity index (χ4v) is 4.55. The maximum atomic E-state index is 12.6. The van der Waals surface area contributed by atoms with Crippen LogP contribution in [-0.4, -0.2) is 31.1 Å². The van der Waals surface area contributed by atoms with Gasteiger partial charge in [0.2, 0.25) is 11.0 Å². The van der Waals surface area contributed by atoms with Crippen LogP contribution in [0.5, 0.6) is 0 Å². The van der Waals surface area contributed by atoms with Crippen LogP contribution >= 0.6 is 23.1 Å². The maximum Gasteiger partial charge on any atom is 0.237 e. The van der Waals surface area contributed by atoms with E-state index in [1.54, 1.807) is 4.68 Å². The van der Waals surface area contributed by atoms with Gasteiger partial charge in [0.05, 0.1) is 22.3 Å². The zero-order chi connectivity index (χ0) is 20.4. The molecule has 3 rings (SSSR count). The van der Waals surface area contributed by atoms with Crippen LogP contribution < -0.4 is 10.6 Å². The van der Waals surface area contributed by atoms with Crippen LogP contribution in [0.4, 0.5) is 16.5 Å². The summed E-state index contributed by atoms with van der Waals surface area (Å²) >= 11 is 2.83. The molecule has 0 spiro atoms. The van der Waals surface area contributed by atoms with Crippen LogP contribution in [0.1, 0.15) is 29.4 Å². The Morgan fingerprint density at radius 1 is 1.18 bits per heavy atom. The van der Waals surface area contributed by atoms with Gasteiger partial charge in [0.15, 0.2) is 4.34 Å². The first kappa shape index (κ1) is 20.3. The summed E-state index contributed by atoms with van der Waals surface area (Å²) in [6, 6.07) is 6.17. The monoisotopic (exact) mass is 416 g/mol. The average Bonchev–Trinajstić information content (AvgIpc) is 3.17. The Bertz CT molecular complexity index is 1010. The number of nitrogens with one attached hydrogen (secondary N) is 2. The third kappa shape index (κ3) is 4.53. The van der Waals surface area contributed by atoms with Gasteiger partial charge in [-0.25, -0.2) is 0 Å². The Morgan fingerprint density at radius 2 is 1.93 bits per heavy atom. The van der Waals surface area contributed by atoms with Crippen molar-refractivity contribution in [1.29, 1.82) is 0 Å². The van der Waals surface area contributed by atoms with E-state index in [0.717, 1.165) is 27.1 Å². The summed E-state index contributed by atoms with van der Waals surface area (Å²) in [6.45, 7) is 9.84. The Balaban J connectivity index is 1.62. The van der Waals surface area contributed by atoms with Gasteiger partial charge in [0.1, 0.15) is 0 Å². The lowest BCUT2D eigenvalue weighted by molar-refractivity contribution is -0.115. The molecule has 0 radical (unpaired) electrons. The second-order valence-electron chi connectivity index (χ2n) is 6.72. The van der Waals surface area contributed by atoms with E-state index in [0.29, 0.717) is 5.13 Å². The molecule has 0 aliphatic rings. The highest BCUT2D eigenvalue weighted by Gasteiger charge is 2.20. The van der Waals surface area contributed by atoms with Crippen molar-refractivity contribution in [3.8, 4) is 0 Å². The molecule has 0 bridgehead atoms. The number of anilines is 3. The van der Waals surface area contributed by atoms with Gasteiger partial charge < -0.3 is 10.6 Å². The Labute approximate surface area is 173 Å². The summed E-state index contributed by atoms with van der Waals surface area (Å²) in [5.41, 5.74) is 5.95. The number of aromatic nitrogens is 4. The Morgan fingerprint density at radius 3 is 2.57 bits per heavy atom. The van der Waals surface area contributed by atoms with Crippen molar-refractivity contribution in [1.82, 2.24) is 20.0 Å². The van der Waals surface area contributed by atoms with Gasteiger partial charge in [0, 0.05) is 12.7 Å². The summed E-state index contributed by atoms with van der Waals surface area (Å²) in [5.74, 6) is -0.0805. The topological polar surface area (TPSA) is 84.7 Å². The SMILES string of the molecule is Cc1ccc(Nc2nnc(S[C@@H](C)C(=O)Nc3c(C)nn(C)c3C)s2)cc1C. The molecule has 2 N–H and O–H groups in total. The lowest BCUT2D eigenvalue weighted by Gasteiger charge is -2.10. The predicted octanol–water partition coefficient (Wildman–Crippen LogP) is 4.37. The van der Waals surface area contributed by atoms with Crippen LogP contribution in [0.15, 0.2) is 22.5 Å². The van der Waals surface area contributed by atoms with E-state index in [2.05, 4.69) is 51.9 Å². The van der Waals surface area contributed by atoms with Gasteiger partial charge in [-0.3, -0.25) is 9.48 Å². The van der Waals surface area contributed by atoms with Crippen molar-refractivity contribution < 1.29 is 4.79 Å². The molecule has 3 aromatic rings. The van der Waals surface area contributed by atoms with E-state index in [1.165, 1.54) is 34.2 Å². The summed E-state index contributed by atoms with van der Waals surface area (Å²) in [7, 11) is 1.86. The summed E-state index contributed by atoms with van der Waals surface area (Å²) in [6.07, 6.45) is 0. The fourth-order valence-electron chi connectivity index (χ4n) is 2.63. The number of amides is 1. The molecule has 9 heteroatoms. The summed E-state index contributed by atoms with van der Waals surface area (Å²) < 4.78 is 2.51. The van der Waals surface area contributed by atoms with Crippen molar-refractivity contribution in [2.45, 2.75) is 44.2 Å². The predicted molar refractivity (Wildman–Crippen MR) is 116 cm³/mol. The van der Waals surface area contributed by atoms with Gasteiger partial charge in [-0.2, -0.15) is 5.10 Å². The van der Waals surface area contributed by atoms with E-state index in [4.69, 9.17) is 0 Å². The maximum absolute atomic E-state index is 12.6. The molecule has 1 atom stereocenters. The standard InChI is InChI=1S/C19H24N6OS2/c1-10-7-8-15(9-11(10)2)20-18-22-23-19(28-18)27-14(5)17(26)21-16-12(3)24-25(6)13(16)4/h7-9,14H,1-6H3,(H,20,22)(H,21,26)/t14-/m0/s1. The highest BCUT2D eigenvalue weighted by molar-refractivity contribution is 8.02. The number of aryl methyl sites for hydroxylation is 4. The molecule has 1 aromatic carbocycles. The molecule has 148 valence electrons. The summed E-state index contributed by atoms with van der Waals surface area (Å²) in [4.78, 5) is 12.6.